The van der Waals surface area contributed by atoms with Gasteiger partial charge in [-0.2, -0.15) is 0 Å². The van der Waals surface area contributed by atoms with Gasteiger partial charge in [0.25, 0.3) is 0 Å². The topological polar surface area (TPSA) is 59.2 Å². The molecule has 5 heteroatoms. The zero-order valence-electron chi connectivity index (χ0n) is 9.10. The van der Waals surface area contributed by atoms with Crippen molar-refractivity contribution < 1.29 is 4.79 Å². The molecular weight excluding hydrogens is 210 g/mol. The molecule has 82 valence electrons. The minimum Gasteiger partial charge on any atom is -0.397 e. The van der Waals surface area contributed by atoms with Crippen LogP contribution in [0.2, 0.25) is 0 Å². The lowest BCUT2D eigenvalue weighted by atomic mass is 10.4. The Balaban J connectivity index is 2.62. The lowest BCUT2D eigenvalue weighted by Crippen LogP contribution is -2.29. The van der Waals surface area contributed by atoms with Crippen molar-refractivity contribution in [2.45, 2.75) is 17.2 Å². The second-order valence-corrected chi connectivity index (χ2v) is 4.78. The first-order valence-corrected chi connectivity index (χ1v) is 5.48. The standard InChI is InChI=1S/C10H15N3OS/c1-7(10(14)13(2)3)15-9-5-4-8(11)6-12-9/h4-7H,11H2,1-3H3. The molecule has 1 atom stereocenters. The summed E-state index contributed by atoms with van der Waals surface area (Å²) < 4.78 is 0. The van der Waals surface area contributed by atoms with Gasteiger partial charge in [0.05, 0.1) is 22.2 Å². The molecule has 0 aromatic carbocycles. The monoisotopic (exact) mass is 225 g/mol. The number of nitrogens with two attached hydrogens (primary N) is 1. The van der Waals surface area contributed by atoms with E-state index in [0.717, 1.165) is 5.03 Å². The molecule has 1 heterocycles. The Morgan fingerprint density at radius 1 is 1.53 bits per heavy atom. The molecule has 0 saturated carbocycles. The summed E-state index contributed by atoms with van der Waals surface area (Å²) in [5, 5.41) is 0.683. The average Bonchev–Trinajstić information content (AvgIpc) is 2.20. The first kappa shape index (κ1) is 11.8. The Morgan fingerprint density at radius 2 is 2.20 bits per heavy atom. The minimum absolute atomic E-state index is 0.0821. The Bertz CT molecular complexity index is 337. The number of hydrogen-bond acceptors (Lipinski definition) is 4. The molecule has 1 unspecified atom stereocenters. The van der Waals surface area contributed by atoms with Gasteiger partial charge in [0.2, 0.25) is 5.91 Å². The molecule has 0 aliphatic heterocycles. The summed E-state index contributed by atoms with van der Waals surface area (Å²) in [4.78, 5) is 17.3. The zero-order valence-corrected chi connectivity index (χ0v) is 9.91. The van der Waals surface area contributed by atoms with E-state index in [1.165, 1.54) is 11.8 Å². The number of carbonyl (C=O) groups excluding carboxylic acids is 1. The minimum atomic E-state index is -0.129. The summed E-state index contributed by atoms with van der Waals surface area (Å²) in [6, 6.07) is 3.60. The third-order valence-corrected chi connectivity index (χ3v) is 2.88. The van der Waals surface area contributed by atoms with Crippen LogP contribution >= 0.6 is 11.8 Å². The third kappa shape index (κ3) is 3.43. The Kier molecular flexibility index (Phi) is 3.96. The fourth-order valence-electron chi connectivity index (χ4n) is 1.06. The van der Waals surface area contributed by atoms with Gasteiger partial charge in [-0.15, -0.1) is 0 Å². The van der Waals surface area contributed by atoms with E-state index in [1.54, 1.807) is 31.3 Å². The van der Waals surface area contributed by atoms with Crippen LogP contribution in [0.4, 0.5) is 5.69 Å². The number of carbonyl (C=O) groups is 1. The van der Waals surface area contributed by atoms with Crippen LogP contribution in [0.15, 0.2) is 23.4 Å². The summed E-state index contributed by atoms with van der Waals surface area (Å²) in [6.07, 6.45) is 1.59. The van der Waals surface area contributed by atoms with E-state index >= 15 is 0 Å². The number of nitrogens with zero attached hydrogens (tertiary/aromatic N) is 2. The van der Waals surface area contributed by atoms with Gasteiger partial charge in [0, 0.05) is 14.1 Å². The highest BCUT2D eigenvalue weighted by molar-refractivity contribution is 8.00. The fourth-order valence-corrected chi connectivity index (χ4v) is 1.99. The quantitative estimate of drug-likeness (QED) is 0.786. The second kappa shape index (κ2) is 5.02. The molecular formula is C10H15N3OS. The van der Waals surface area contributed by atoms with Crippen molar-refractivity contribution in [1.82, 2.24) is 9.88 Å². The second-order valence-electron chi connectivity index (χ2n) is 3.42. The van der Waals surface area contributed by atoms with E-state index in [2.05, 4.69) is 4.98 Å². The van der Waals surface area contributed by atoms with Crippen molar-refractivity contribution in [2.24, 2.45) is 0 Å². The Morgan fingerprint density at radius 3 is 2.67 bits per heavy atom. The van der Waals surface area contributed by atoms with Crippen molar-refractivity contribution >= 4 is 23.4 Å². The third-order valence-electron chi connectivity index (χ3n) is 1.85. The highest BCUT2D eigenvalue weighted by atomic mass is 32.2. The van der Waals surface area contributed by atoms with Gasteiger partial charge < -0.3 is 10.6 Å². The number of amides is 1. The number of rotatable bonds is 3. The van der Waals surface area contributed by atoms with E-state index < -0.39 is 0 Å². The van der Waals surface area contributed by atoms with Gasteiger partial charge in [-0.25, -0.2) is 4.98 Å². The van der Waals surface area contributed by atoms with Gasteiger partial charge >= 0.3 is 0 Å². The molecule has 0 spiro atoms. The highest BCUT2D eigenvalue weighted by Gasteiger charge is 2.16. The molecule has 0 fully saturated rings. The first-order chi connectivity index (χ1) is 7.00. The summed E-state index contributed by atoms with van der Waals surface area (Å²) in [6.45, 7) is 1.87. The van der Waals surface area contributed by atoms with Crippen LogP contribution in [0.25, 0.3) is 0 Å². The molecule has 0 aliphatic carbocycles. The number of nitrogen functional groups attached to an aromatic ring is 1. The molecule has 0 bridgehead atoms. The lowest BCUT2D eigenvalue weighted by Gasteiger charge is -2.15. The van der Waals surface area contributed by atoms with E-state index in [4.69, 9.17) is 5.73 Å². The lowest BCUT2D eigenvalue weighted by molar-refractivity contribution is -0.127. The zero-order chi connectivity index (χ0) is 11.4. The number of hydrogen-bond donors (Lipinski definition) is 1. The largest absolute Gasteiger partial charge is 0.397 e. The number of thioether (sulfide) groups is 1. The normalized spacial score (nSPS) is 12.2. The number of anilines is 1. The van der Waals surface area contributed by atoms with Crippen LogP contribution in [0, 0.1) is 0 Å². The van der Waals surface area contributed by atoms with Crippen LogP contribution < -0.4 is 5.73 Å². The molecule has 1 rings (SSSR count). The van der Waals surface area contributed by atoms with Gasteiger partial charge in [0.15, 0.2) is 0 Å². The molecule has 15 heavy (non-hydrogen) atoms. The molecule has 0 aliphatic rings. The van der Waals surface area contributed by atoms with Gasteiger partial charge in [-0.3, -0.25) is 4.79 Å². The first-order valence-electron chi connectivity index (χ1n) is 4.60. The van der Waals surface area contributed by atoms with Crippen molar-refractivity contribution in [1.29, 1.82) is 0 Å². The van der Waals surface area contributed by atoms with E-state index in [1.807, 2.05) is 13.0 Å². The summed E-state index contributed by atoms with van der Waals surface area (Å²) in [5.41, 5.74) is 6.15. The van der Waals surface area contributed by atoms with Crippen molar-refractivity contribution in [3.05, 3.63) is 18.3 Å². The van der Waals surface area contributed by atoms with Crippen LogP contribution in [0.1, 0.15) is 6.92 Å². The fraction of sp³-hybridized carbons (Fsp3) is 0.400. The van der Waals surface area contributed by atoms with E-state index in [-0.39, 0.29) is 11.2 Å². The average molecular weight is 225 g/mol. The van der Waals surface area contributed by atoms with E-state index in [9.17, 15) is 4.79 Å². The SMILES string of the molecule is CC(Sc1ccc(N)cn1)C(=O)N(C)C. The van der Waals surface area contributed by atoms with Gasteiger partial charge in [-0.1, -0.05) is 11.8 Å². The predicted molar refractivity (Wildman–Crippen MR) is 62.7 cm³/mol. The van der Waals surface area contributed by atoms with Crippen LogP contribution in [-0.4, -0.2) is 35.1 Å². The maximum absolute atomic E-state index is 11.6. The van der Waals surface area contributed by atoms with Crippen LogP contribution in [0.5, 0.6) is 0 Å². The number of pyridine rings is 1. The molecule has 0 saturated heterocycles. The summed E-state index contributed by atoms with van der Waals surface area (Å²) in [5.74, 6) is 0.0821. The maximum atomic E-state index is 11.6. The maximum Gasteiger partial charge on any atom is 0.235 e. The van der Waals surface area contributed by atoms with Gasteiger partial charge in [-0.05, 0) is 19.1 Å². The van der Waals surface area contributed by atoms with Crippen molar-refractivity contribution in [3.63, 3.8) is 0 Å². The summed E-state index contributed by atoms with van der Waals surface area (Å²) in [7, 11) is 3.49. The molecule has 1 aromatic rings. The smallest absolute Gasteiger partial charge is 0.235 e. The molecule has 2 N–H and O–H groups in total. The molecule has 1 amide bonds. The van der Waals surface area contributed by atoms with Crippen LogP contribution in [-0.2, 0) is 4.79 Å². The molecule has 0 radical (unpaired) electrons. The Hall–Kier alpha value is -1.23. The molecule has 4 nitrogen and oxygen atoms in total. The van der Waals surface area contributed by atoms with E-state index in [0.29, 0.717) is 5.69 Å². The van der Waals surface area contributed by atoms with Gasteiger partial charge in [0.1, 0.15) is 0 Å². The number of aromatic nitrogens is 1. The van der Waals surface area contributed by atoms with Crippen LogP contribution in [0.3, 0.4) is 0 Å². The van der Waals surface area contributed by atoms with Crippen molar-refractivity contribution in [3.8, 4) is 0 Å². The Labute approximate surface area is 93.9 Å². The molecule has 1 aromatic heterocycles. The highest BCUT2D eigenvalue weighted by Crippen LogP contribution is 2.22. The predicted octanol–water partition coefficient (Wildman–Crippen LogP) is 1.23. The summed E-state index contributed by atoms with van der Waals surface area (Å²) >= 11 is 1.43. The van der Waals surface area contributed by atoms with Crippen molar-refractivity contribution in [2.75, 3.05) is 19.8 Å².